The van der Waals surface area contributed by atoms with Gasteiger partial charge in [0.2, 0.25) is 5.95 Å². The van der Waals surface area contributed by atoms with E-state index in [4.69, 9.17) is 5.26 Å². The van der Waals surface area contributed by atoms with Crippen molar-refractivity contribution in [3.8, 4) is 11.9 Å². The van der Waals surface area contributed by atoms with Gasteiger partial charge in [0, 0.05) is 6.20 Å². The standard InChI is InChI=1S/C13H7F3N8/c14-13(15,16)8-1-2-11(20-4-8)24-7-21-12(23-24)22-10-6-18-9(3-17)5-19-10/h1-2,4-7H,(H,19,22,23). The van der Waals surface area contributed by atoms with E-state index in [9.17, 15) is 13.2 Å². The Morgan fingerprint density at radius 2 is 1.88 bits per heavy atom. The second kappa shape index (κ2) is 5.92. The first-order chi connectivity index (χ1) is 11.5. The molecule has 0 aliphatic carbocycles. The lowest BCUT2D eigenvalue weighted by Gasteiger charge is -2.06. The van der Waals surface area contributed by atoms with E-state index in [1.807, 2.05) is 6.07 Å². The Bertz CT molecular complexity index is 877. The molecule has 0 atom stereocenters. The van der Waals surface area contributed by atoms with Gasteiger partial charge < -0.3 is 5.32 Å². The molecule has 0 spiro atoms. The van der Waals surface area contributed by atoms with Crippen LogP contribution in [0, 0.1) is 11.3 Å². The van der Waals surface area contributed by atoms with Gasteiger partial charge in [-0.05, 0) is 12.1 Å². The summed E-state index contributed by atoms with van der Waals surface area (Å²) in [4.78, 5) is 15.4. The van der Waals surface area contributed by atoms with Crippen molar-refractivity contribution in [2.24, 2.45) is 0 Å². The third-order valence-electron chi connectivity index (χ3n) is 2.81. The van der Waals surface area contributed by atoms with Gasteiger partial charge in [0.05, 0.1) is 18.0 Å². The Kier molecular flexibility index (Phi) is 3.78. The lowest BCUT2D eigenvalue weighted by molar-refractivity contribution is -0.137. The number of hydrogen-bond donors (Lipinski definition) is 1. The molecule has 0 saturated heterocycles. The molecule has 0 aliphatic rings. The highest BCUT2D eigenvalue weighted by molar-refractivity contribution is 5.46. The third kappa shape index (κ3) is 3.27. The molecule has 24 heavy (non-hydrogen) atoms. The van der Waals surface area contributed by atoms with Crippen molar-refractivity contribution in [1.29, 1.82) is 5.26 Å². The van der Waals surface area contributed by atoms with E-state index in [0.29, 0.717) is 5.82 Å². The van der Waals surface area contributed by atoms with E-state index in [1.165, 1.54) is 29.5 Å². The van der Waals surface area contributed by atoms with Crippen LogP contribution in [-0.4, -0.2) is 29.7 Å². The monoisotopic (exact) mass is 332 g/mol. The summed E-state index contributed by atoms with van der Waals surface area (Å²) in [5.74, 6) is 0.636. The van der Waals surface area contributed by atoms with Crippen LogP contribution < -0.4 is 5.32 Å². The van der Waals surface area contributed by atoms with Crippen LogP contribution in [0.3, 0.4) is 0 Å². The molecule has 8 nitrogen and oxygen atoms in total. The number of nitrogens with one attached hydrogen (secondary N) is 1. The van der Waals surface area contributed by atoms with Crippen LogP contribution in [0.2, 0.25) is 0 Å². The number of alkyl halides is 3. The molecule has 120 valence electrons. The summed E-state index contributed by atoms with van der Waals surface area (Å²) in [6, 6.07) is 3.92. The van der Waals surface area contributed by atoms with E-state index in [2.05, 4.69) is 30.4 Å². The predicted octanol–water partition coefficient (Wildman–Crippen LogP) is 2.09. The highest BCUT2D eigenvalue weighted by Gasteiger charge is 2.30. The minimum atomic E-state index is -4.45. The fourth-order valence-corrected chi connectivity index (χ4v) is 1.68. The lowest BCUT2D eigenvalue weighted by atomic mass is 10.3. The van der Waals surface area contributed by atoms with Gasteiger partial charge in [0.25, 0.3) is 0 Å². The second-order valence-electron chi connectivity index (χ2n) is 4.44. The summed E-state index contributed by atoms with van der Waals surface area (Å²) in [6.45, 7) is 0. The first-order valence-corrected chi connectivity index (χ1v) is 6.40. The third-order valence-corrected chi connectivity index (χ3v) is 2.81. The van der Waals surface area contributed by atoms with Crippen LogP contribution in [0.5, 0.6) is 0 Å². The van der Waals surface area contributed by atoms with Crippen molar-refractivity contribution >= 4 is 11.8 Å². The molecular weight excluding hydrogens is 325 g/mol. The zero-order chi connectivity index (χ0) is 17.2. The van der Waals surface area contributed by atoms with Gasteiger partial charge in [-0.25, -0.2) is 19.6 Å². The molecule has 3 aromatic rings. The number of rotatable bonds is 3. The molecule has 0 aliphatic heterocycles. The number of nitriles is 1. The average molecular weight is 332 g/mol. The molecule has 3 aromatic heterocycles. The van der Waals surface area contributed by atoms with E-state index < -0.39 is 11.7 Å². The van der Waals surface area contributed by atoms with E-state index in [-0.39, 0.29) is 17.5 Å². The highest BCUT2D eigenvalue weighted by Crippen LogP contribution is 2.28. The average Bonchev–Trinajstić information content (AvgIpc) is 3.03. The van der Waals surface area contributed by atoms with Gasteiger partial charge in [-0.15, -0.1) is 5.10 Å². The number of anilines is 2. The zero-order valence-electron chi connectivity index (χ0n) is 11.7. The number of aromatic nitrogens is 6. The minimum Gasteiger partial charge on any atom is -0.306 e. The summed E-state index contributed by atoms with van der Waals surface area (Å²) in [5.41, 5.74) is -0.689. The van der Waals surface area contributed by atoms with Gasteiger partial charge >= 0.3 is 6.18 Å². The van der Waals surface area contributed by atoms with Crippen molar-refractivity contribution in [2.45, 2.75) is 6.18 Å². The number of hydrogen-bond acceptors (Lipinski definition) is 7. The van der Waals surface area contributed by atoms with E-state index in [1.54, 1.807) is 0 Å². The lowest BCUT2D eigenvalue weighted by Crippen LogP contribution is -2.07. The molecule has 0 amide bonds. The van der Waals surface area contributed by atoms with Crippen LogP contribution >= 0.6 is 0 Å². The minimum absolute atomic E-state index is 0.149. The van der Waals surface area contributed by atoms with Gasteiger partial charge in [-0.1, -0.05) is 0 Å². The number of halogens is 3. The Balaban J connectivity index is 1.76. The summed E-state index contributed by atoms with van der Waals surface area (Å²) in [5, 5.41) is 15.4. The molecule has 0 aromatic carbocycles. The molecule has 11 heteroatoms. The largest absolute Gasteiger partial charge is 0.417 e. The zero-order valence-corrected chi connectivity index (χ0v) is 11.7. The predicted molar refractivity (Wildman–Crippen MR) is 74.2 cm³/mol. The van der Waals surface area contributed by atoms with E-state index >= 15 is 0 Å². The number of nitrogens with zero attached hydrogens (tertiary/aromatic N) is 7. The Labute approximate surface area is 132 Å². The molecule has 0 bridgehead atoms. The van der Waals surface area contributed by atoms with Crippen LogP contribution in [0.15, 0.2) is 37.1 Å². The smallest absolute Gasteiger partial charge is 0.306 e. The first-order valence-electron chi connectivity index (χ1n) is 6.40. The van der Waals surface area contributed by atoms with Crippen molar-refractivity contribution in [1.82, 2.24) is 29.7 Å². The van der Waals surface area contributed by atoms with Crippen LogP contribution in [-0.2, 0) is 6.18 Å². The Morgan fingerprint density at radius 1 is 1.04 bits per heavy atom. The molecule has 0 saturated carbocycles. The fourth-order valence-electron chi connectivity index (χ4n) is 1.68. The van der Waals surface area contributed by atoms with Crippen LogP contribution in [0.25, 0.3) is 5.82 Å². The van der Waals surface area contributed by atoms with Crippen molar-refractivity contribution in [3.05, 3.63) is 48.3 Å². The first kappa shape index (κ1) is 15.3. The maximum Gasteiger partial charge on any atom is 0.417 e. The van der Waals surface area contributed by atoms with Gasteiger partial charge in [0.15, 0.2) is 17.3 Å². The van der Waals surface area contributed by atoms with Crippen molar-refractivity contribution < 1.29 is 13.2 Å². The molecule has 0 unspecified atom stereocenters. The summed E-state index contributed by atoms with van der Waals surface area (Å²) in [7, 11) is 0. The fraction of sp³-hybridized carbons (Fsp3) is 0.0769. The number of pyridine rings is 1. The van der Waals surface area contributed by atoms with Gasteiger partial charge in [0.1, 0.15) is 12.4 Å². The second-order valence-corrected chi connectivity index (χ2v) is 4.44. The highest BCUT2D eigenvalue weighted by atomic mass is 19.4. The van der Waals surface area contributed by atoms with Crippen LogP contribution in [0.1, 0.15) is 11.3 Å². The summed E-state index contributed by atoms with van der Waals surface area (Å²) >= 11 is 0. The maximum atomic E-state index is 12.5. The van der Waals surface area contributed by atoms with E-state index in [0.717, 1.165) is 12.3 Å². The van der Waals surface area contributed by atoms with Gasteiger partial charge in [-0.2, -0.15) is 23.4 Å². The van der Waals surface area contributed by atoms with Gasteiger partial charge in [-0.3, -0.25) is 0 Å². The normalized spacial score (nSPS) is 11.1. The summed E-state index contributed by atoms with van der Waals surface area (Å²) < 4.78 is 38.7. The SMILES string of the molecule is N#Cc1cnc(Nc2ncn(-c3ccc(C(F)(F)F)cn3)n2)cn1. The van der Waals surface area contributed by atoms with Crippen molar-refractivity contribution in [2.75, 3.05) is 5.32 Å². The van der Waals surface area contributed by atoms with Crippen LogP contribution in [0.4, 0.5) is 24.9 Å². The molecule has 3 rings (SSSR count). The molecule has 0 fully saturated rings. The molecule has 1 N–H and O–H groups in total. The van der Waals surface area contributed by atoms with Crippen molar-refractivity contribution in [3.63, 3.8) is 0 Å². The summed E-state index contributed by atoms with van der Waals surface area (Å²) in [6.07, 6.45) is 0.159. The molecule has 0 radical (unpaired) electrons. The Morgan fingerprint density at radius 3 is 2.46 bits per heavy atom. The quantitative estimate of drug-likeness (QED) is 0.783. The molecular formula is C13H7F3N8. The topological polar surface area (TPSA) is 105 Å². The maximum absolute atomic E-state index is 12.5. The Hall–Kier alpha value is -3.55. The molecule has 3 heterocycles.